The SMILES string of the molecule is O=C(CCc1ccccc1)Nc1nc(-c2c[nH]c3ncc(Br)cc23)cs1. The lowest BCUT2D eigenvalue weighted by molar-refractivity contribution is -0.116. The summed E-state index contributed by atoms with van der Waals surface area (Å²) in [6.45, 7) is 0. The van der Waals surface area contributed by atoms with Crippen LogP contribution in [0.1, 0.15) is 12.0 Å². The van der Waals surface area contributed by atoms with Crippen molar-refractivity contribution in [3.8, 4) is 11.3 Å². The van der Waals surface area contributed by atoms with Gasteiger partial charge in [-0.1, -0.05) is 30.3 Å². The molecule has 0 aliphatic heterocycles. The van der Waals surface area contributed by atoms with E-state index >= 15 is 0 Å². The predicted molar refractivity (Wildman–Crippen MR) is 108 cm³/mol. The fourth-order valence-corrected chi connectivity index (χ4v) is 3.79. The van der Waals surface area contributed by atoms with Crippen molar-refractivity contribution < 1.29 is 4.79 Å². The van der Waals surface area contributed by atoms with E-state index in [-0.39, 0.29) is 5.91 Å². The molecule has 130 valence electrons. The van der Waals surface area contributed by atoms with Crippen LogP contribution in [0.2, 0.25) is 0 Å². The first-order chi connectivity index (χ1) is 12.7. The lowest BCUT2D eigenvalue weighted by Gasteiger charge is -2.02. The summed E-state index contributed by atoms with van der Waals surface area (Å²) in [6, 6.07) is 12.0. The molecule has 0 aliphatic carbocycles. The molecule has 0 spiro atoms. The van der Waals surface area contributed by atoms with Gasteiger partial charge in [0.05, 0.1) is 5.69 Å². The number of fused-ring (bicyclic) bond motifs is 1. The Morgan fingerprint density at radius 3 is 2.96 bits per heavy atom. The predicted octanol–water partition coefficient (Wildman–Crippen LogP) is 5.02. The highest BCUT2D eigenvalue weighted by Gasteiger charge is 2.12. The highest BCUT2D eigenvalue weighted by Crippen LogP contribution is 2.31. The smallest absolute Gasteiger partial charge is 0.226 e. The van der Waals surface area contributed by atoms with E-state index in [1.54, 1.807) is 6.20 Å². The summed E-state index contributed by atoms with van der Waals surface area (Å²) in [5.41, 5.74) is 3.75. The van der Waals surface area contributed by atoms with Gasteiger partial charge >= 0.3 is 0 Å². The summed E-state index contributed by atoms with van der Waals surface area (Å²) in [6.07, 6.45) is 4.79. The van der Waals surface area contributed by atoms with Gasteiger partial charge in [0, 0.05) is 39.6 Å². The molecule has 26 heavy (non-hydrogen) atoms. The molecular weight excluding hydrogens is 412 g/mol. The average Bonchev–Trinajstić information content (AvgIpc) is 3.27. The second-order valence-electron chi connectivity index (χ2n) is 5.82. The van der Waals surface area contributed by atoms with Gasteiger partial charge in [-0.15, -0.1) is 11.3 Å². The van der Waals surface area contributed by atoms with Crippen molar-refractivity contribution in [2.45, 2.75) is 12.8 Å². The van der Waals surface area contributed by atoms with Gasteiger partial charge in [0.25, 0.3) is 0 Å². The fourth-order valence-electron chi connectivity index (χ4n) is 2.73. The molecule has 1 aromatic carbocycles. The molecule has 0 aliphatic rings. The first-order valence-corrected chi connectivity index (χ1v) is 9.78. The first-order valence-electron chi connectivity index (χ1n) is 8.11. The summed E-state index contributed by atoms with van der Waals surface area (Å²) in [5, 5.41) is 6.43. The maximum Gasteiger partial charge on any atom is 0.226 e. The normalized spacial score (nSPS) is 11.0. The van der Waals surface area contributed by atoms with Crippen LogP contribution in [0, 0.1) is 0 Å². The summed E-state index contributed by atoms with van der Waals surface area (Å²) in [7, 11) is 0. The highest BCUT2D eigenvalue weighted by atomic mass is 79.9. The molecule has 0 saturated carbocycles. The molecule has 1 amide bonds. The number of aromatic nitrogens is 3. The molecule has 3 heterocycles. The van der Waals surface area contributed by atoms with Gasteiger partial charge in [-0.2, -0.15) is 0 Å². The monoisotopic (exact) mass is 426 g/mol. The highest BCUT2D eigenvalue weighted by molar-refractivity contribution is 9.10. The quantitative estimate of drug-likeness (QED) is 0.470. The van der Waals surface area contributed by atoms with Crippen LogP contribution in [-0.2, 0) is 11.2 Å². The number of anilines is 1. The summed E-state index contributed by atoms with van der Waals surface area (Å²) in [4.78, 5) is 24.2. The van der Waals surface area contributed by atoms with Crippen LogP contribution in [0.25, 0.3) is 22.3 Å². The Labute approximate surface area is 162 Å². The van der Waals surface area contributed by atoms with E-state index in [2.05, 4.69) is 36.2 Å². The Hall–Kier alpha value is -2.51. The van der Waals surface area contributed by atoms with Crippen LogP contribution in [0.3, 0.4) is 0 Å². The van der Waals surface area contributed by atoms with E-state index in [1.807, 2.05) is 48.0 Å². The molecule has 7 heteroatoms. The van der Waals surface area contributed by atoms with Crippen molar-refractivity contribution in [2.75, 3.05) is 5.32 Å². The maximum absolute atomic E-state index is 12.2. The largest absolute Gasteiger partial charge is 0.345 e. The minimum absolute atomic E-state index is 0.0295. The summed E-state index contributed by atoms with van der Waals surface area (Å²) < 4.78 is 0.913. The molecule has 0 radical (unpaired) electrons. The van der Waals surface area contributed by atoms with Crippen LogP contribution < -0.4 is 5.32 Å². The number of carbonyl (C=O) groups is 1. The molecule has 0 fully saturated rings. The third-order valence-electron chi connectivity index (χ3n) is 4.01. The molecule has 0 bridgehead atoms. The van der Waals surface area contributed by atoms with Gasteiger partial charge in [0.1, 0.15) is 5.65 Å². The lowest BCUT2D eigenvalue weighted by Crippen LogP contribution is -2.12. The molecule has 0 unspecified atom stereocenters. The number of hydrogen-bond donors (Lipinski definition) is 2. The number of nitrogens with zero attached hydrogens (tertiary/aromatic N) is 2. The number of benzene rings is 1. The third-order valence-corrected chi connectivity index (χ3v) is 5.20. The van der Waals surface area contributed by atoms with E-state index in [1.165, 1.54) is 11.3 Å². The fraction of sp³-hybridized carbons (Fsp3) is 0.105. The van der Waals surface area contributed by atoms with E-state index in [0.717, 1.165) is 32.3 Å². The molecule has 4 rings (SSSR count). The number of hydrogen-bond acceptors (Lipinski definition) is 4. The third kappa shape index (κ3) is 3.68. The zero-order valence-corrected chi connectivity index (χ0v) is 16.1. The number of aromatic amines is 1. The number of carbonyl (C=O) groups excluding carboxylic acids is 1. The van der Waals surface area contributed by atoms with Gasteiger partial charge in [-0.3, -0.25) is 4.79 Å². The number of pyridine rings is 1. The minimum Gasteiger partial charge on any atom is -0.345 e. The number of amides is 1. The lowest BCUT2D eigenvalue weighted by atomic mass is 10.1. The molecule has 2 N–H and O–H groups in total. The zero-order chi connectivity index (χ0) is 17.9. The minimum atomic E-state index is -0.0295. The number of H-pyrrole nitrogens is 1. The summed E-state index contributed by atoms with van der Waals surface area (Å²) >= 11 is 4.87. The zero-order valence-electron chi connectivity index (χ0n) is 13.7. The Bertz CT molecular complexity index is 1060. The van der Waals surface area contributed by atoms with Gasteiger partial charge < -0.3 is 10.3 Å². The topological polar surface area (TPSA) is 70.7 Å². The van der Waals surface area contributed by atoms with E-state index in [4.69, 9.17) is 0 Å². The molecular formula is C19H15BrN4OS. The second-order valence-corrected chi connectivity index (χ2v) is 7.60. The number of rotatable bonds is 5. The van der Waals surface area contributed by atoms with Crippen LogP contribution >= 0.6 is 27.3 Å². The number of nitrogens with one attached hydrogen (secondary N) is 2. The van der Waals surface area contributed by atoms with Gasteiger partial charge in [-0.25, -0.2) is 9.97 Å². The van der Waals surface area contributed by atoms with Crippen LogP contribution in [0.15, 0.2) is 58.6 Å². The Morgan fingerprint density at radius 2 is 2.12 bits per heavy atom. The first kappa shape index (κ1) is 16.9. The van der Waals surface area contributed by atoms with Crippen molar-refractivity contribution in [3.63, 3.8) is 0 Å². The standard InChI is InChI=1S/C19H15BrN4OS/c20-13-8-14-15(10-22-18(14)21-9-13)16-11-26-19(23-16)24-17(25)7-6-12-4-2-1-3-5-12/h1-5,8-11H,6-7H2,(H,21,22)(H,23,24,25). The van der Waals surface area contributed by atoms with E-state index < -0.39 is 0 Å². The van der Waals surface area contributed by atoms with Crippen molar-refractivity contribution in [3.05, 3.63) is 64.2 Å². The van der Waals surface area contributed by atoms with Crippen molar-refractivity contribution in [1.82, 2.24) is 15.0 Å². The Balaban J connectivity index is 1.46. The number of halogens is 1. The van der Waals surface area contributed by atoms with Crippen molar-refractivity contribution >= 4 is 49.3 Å². The number of thiazole rings is 1. The maximum atomic E-state index is 12.2. The van der Waals surface area contributed by atoms with Gasteiger partial charge in [-0.05, 0) is 34.0 Å². The average molecular weight is 427 g/mol. The van der Waals surface area contributed by atoms with Crippen LogP contribution in [0.5, 0.6) is 0 Å². The Morgan fingerprint density at radius 1 is 1.27 bits per heavy atom. The van der Waals surface area contributed by atoms with E-state index in [0.29, 0.717) is 18.0 Å². The molecule has 0 saturated heterocycles. The molecule has 5 nitrogen and oxygen atoms in total. The molecule has 0 atom stereocenters. The van der Waals surface area contributed by atoms with Gasteiger partial charge in [0.15, 0.2) is 5.13 Å². The van der Waals surface area contributed by atoms with Gasteiger partial charge in [0.2, 0.25) is 5.91 Å². The molecule has 3 aromatic heterocycles. The Kier molecular flexibility index (Phi) is 4.81. The van der Waals surface area contributed by atoms with Crippen molar-refractivity contribution in [1.29, 1.82) is 0 Å². The molecule has 4 aromatic rings. The van der Waals surface area contributed by atoms with E-state index in [9.17, 15) is 4.79 Å². The van der Waals surface area contributed by atoms with Crippen molar-refractivity contribution in [2.24, 2.45) is 0 Å². The summed E-state index contributed by atoms with van der Waals surface area (Å²) in [5.74, 6) is -0.0295. The number of aryl methyl sites for hydroxylation is 1. The van der Waals surface area contributed by atoms with Crippen LogP contribution in [0.4, 0.5) is 5.13 Å². The second kappa shape index (κ2) is 7.39. The van der Waals surface area contributed by atoms with Crippen LogP contribution in [-0.4, -0.2) is 20.9 Å².